The second-order valence-corrected chi connectivity index (χ2v) is 2.65. The van der Waals surface area contributed by atoms with E-state index in [2.05, 4.69) is 18.8 Å². The third-order valence-corrected chi connectivity index (χ3v) is 1.54. The maximum atomic E-state index is 10.9. The average molecular weight is 171 g/mol. The van der Waals surface area contributed by atoms with E-state index in [9.17, 15) is 4.79 Å². The Labute approximate surface area is 73.8 Å². The molecule has 0 fully saturated rings. The smallest absolute Gasteiger partial charge is 0.243 e. The maximum absolute atomic E-state index is 10.9. The van der Waals surface area contributed by atoms with Crippen LogP contribution in [0.2, 0.25) is 0 Å². The van der Waals surface area contributed by atoms with Gasteiger partial charge in [-0.05, 0) is 12.5 Å². The number of carbonyl (C=O) groups excluding carboxylic acids is 1. The Bertz CT molecular complexity index is 139. The number of nitrogens with one attached hydrogen (secondary N) is 1. The second-order valence-electron chi connectivity index (χ2n) is 2.65. The SMILES string of the molecule is C=CC(=O)NC(CCC)COC. The standard InChI is InChI=1S/C9H17NO2/c1-4-6-8(7-12-3)10-9(11)5-2/h5,8H,2,4,6-7H2,1,3H3,(H,10,11). The highest BCUT2D eigenvalue weighted by atomic mass is 16.5. The summed E-state index contributed by atoms with van der Waals surface area (Å²) in [5.41, 5.74) is 0. The molecule has 1 unspecified atom stereocenters. The van der Waals surface area contributed by atoms with Gasteiger partial charge in [0.25, 0.3) is 0 Å². The first-order chi connectivity index (χ1) is 5.74. The largest absolute Gasteiger partial charge is 0.383 e. The van der Waals surface area contributed by atoms with Crippen molar-refractivity contribution in [3.8, 4) is 0 Å². The maximum Gasteiger partial charge on any atom is 0.243 e. The summed E-state index contributed by atoms with van der Waals surface area (Å²) < 4.78 is 4.95. The van der Waals surface area contributed by atoms with Crippen LogP contribution in [0.1, 0.15) is 19.8 Å². The fourth-order valence-corrected chi connectivity index (χ4v) is 1.01. The van der Waals surface area contributed by atoms with Gasteiger partial charge in [0, 0.05) is 7.11 Å². The normalized spacial score (nSPS) is 12.2. The highest BCUT2D eigenvalue weighted by molar-refractivity contribution is 5.87. The van der Waals surface area contributed by atoms with Crippen LogP contribution in [-0.4, -0.2) is 25.7 Å². The zero-order valence-corrected chi connectivity index (χ0v) is 7.80. The van der Waals surface area contributed by atoms with Crippen molar-refractivity contribution in [3.63, 3.8) is 0 Å². The first-order valence-electron chi connectivity index (χ1n) is 4.16. The Kier molecular flexibility index (Phi) is 6.38. The molecule has 0 saturated carbocycles. The van der Waals surface area contributed by atoms with Crippen molar-refractivity contribution in [3.05, 3.63) is 12.7 Å². The molecule has 70 valence electrons. The van der Waals surface area contributed by atoms with Gasteiger partial charge < -0.3 is 10.1 Å². The van der Waals surface area contributed by atoms with Gasteiger partial charge in [0.05, 0.1) is 12.6 Å². The molecular formula is C9H17NO2. The lowest BCUT2D eigenvalue weighted by molar-refractivity contribution is -0.117. The molecule has 3 heteroatoms. The van der Waals surface area contributed by atoms with Crippen molar-refractivity contribution in [1.82, 2.24) is 5.32 Å². The Morgan fingerprint density at radius 2 is 2.42 bits per heavy atom. The van der Waals surface area contributed by atoms with E-state index in [1.807, 2.05) is 0 Å². The molecule has 0 rings (SSSR count). The van der Waals surface area contributed by atoms with Crippen molar-refractivity contribution < 1.29 is 9.53 Å². The van der Waals surface area contributed by atoms with Crippen molar-refractivity contribution in [2.45, 2.75) is 25.8 Å². The summed E-state index contributed by atoms with van der Waals surface area (Å²) in [6.07, 6.45) is 3.25. The van der Waals surface area contributed by atoms with Gasteiger partial charge in [0.15, 0.2) is 0 Å². The molecule has 12 heavy (non-hydrogen) atoms. The van der Waals surface area contributed by atoms with E-state index in [4.69, 9.17) is 4.74 Å². The molecule has 0 aliphatic carbocycles. The van der Waals surface area contributed by atoms with Gasteiger partial charge in [-0.15, -0.1) is 0 Å². The molecule has 0 aromatic carbocycles. The highest BCUT2D eigenvalue weighted by Gasteiger charge is 2.07. The quantitative estimate of drug-likeness (QED) is 0.608. The number of amides is 1. The average Bonchev–Trinajstić information content (AvgIpc) is 2.05. The van der Waals surface area contributed by atoms with Crippen molar-refractivity contribution in [1.29, 1.82) is 0 Å². The van der Waals surface area contributed by atoms with Crippen LogP contribution in [0.3, 0.4) is 0 Å². The van der Waals surface area contributed by atoms with Crippen LogP contribution in [0, 0.1) is 0 Å². The minimum atomic E-state index is -0.134. The molecule has 1 amide bonds. The van der Waals surface area contributed by atoms with E-state index < -0.39 is 0 Å². The summed E-state index contributed by atoms with van der Waals surface area (Å²) in [6, 6.07) is 0.116. The van der Waals surface area contributed by atoms with Crippen LogP contribution < -0.4 is 5.32 Å². The Morgan fingerprint density at radius 1 is 1.75 bits per heavy atom. The molecular weight excluding hydrogens is 154 g/mol. The predicted molar refractivity (Wildman–Crippen MR) is 48.9 cm³/mol. The van der Waals surface area contributed by atoms with E-state index in [-0.39, 0.29) is 11.9 Å². The Balaban J connectivity index is 3.76. The molecule has 0 radical (unpaired) electrons. The molecule has 0 heterocycles. The third kappa shape index (κ3) is 4.91. The van der Waals surface area contributed by atoms with Crippen LogP contribution in [0.4, 0.5) is 0 Å². The molecule has 1 N–H and O–H groups in total. The molecule has 3 nitrogen and oxygen atoms in total. The van der Waals surface area contributed by atoms with Crippen molar-refractivity contribution in [2.75, 3.05) is 13.7 Å². The Hall–Kier alpha value is -0.830. The Morgan fingerprint density at radius 3 is 2.83 bits per heavy atom. The lowest BCUT2D eigenvalue weighted by Gasteiger charge is -2.15. The number of methoxy groups -OCH3 is 1. The summed E-state index contributed by atoms with van der Waals surface area (Å²) in [4.78, 5) is 10.9. The van der Waals surface area contributed by atoms with Crippen molar-refractivity contribution in [2.24, 2.45) is 0 Å². The highest BCUT2D eigenvalue weighted by Crippen LogP contribution is 1.96. The van der Waals surface area contributed by atoms with E-state index in [0.29, 0.717) is 6.61 Å². The van der Waals surface area contributed by atoms with Gasteiger partial charge in [-0.25, -0.2) is 0 Å². The van der Waals surface area contributed by atoms with Crippen LogP contribution >= 0.6 is 0 Å². The summed E-state index contributed by atoms with van der Waals surface area (Å²) in [6.45, 7) is 6.02. The zero-order chi connectivity index (χ0) is 9.40. The molecule has 0 saturated heterocycles. The fraction of sp³-hybridized carbons (Fsp3) is 0.667. The van der Waals surface area contributed by atoms with Crippen LogP contribution in [0.5, 0.6) is 0 Å². The first-order valence-corrected chi connectivity index (χ1v) is 4.16. The number of carbonyl (C=O) groups is 1. The third-order valence-electron chi connectivity index (χ3n) is 1.54. The summed E-state index contributed by atoms with van der Waals surface area (Å²) in [5.74, 6) is -0.134. The number of hydrogen-bond acceptors (Lipinski definition) is 2. The van der Waals surface area contributed by atoms with Gasteiger partial charge in [0.2, 0.25) is 5.91 Å². The van der Waals surface area contributed by atoms with E-state index >= 15 is 0 Å². The molecule has 0 bridgehead atoms. The predicted octanol–water partition coefficient (Wildman–Crippen LogP) is 1.10. The van der Waals surface area contributed by atoms with Gasteiger partial charge >= 0.3 is 0 Å². The van der Waals surface area contributed by atoms with Crippen LogP contribution in [-0.2, 0) is 9.53 Å². The van der Waals surface area contributed by atoms with E-state index in [0.717, 1.165) is 12.8 Å². The molecule has 0 aliphatic rings. The minimum Gasteiger partial charge on any atom is -0.383 e. The summed E-state index contributed by atoms with van der Waals surface area (Å²) in [7, 11) is 1.63. The number of hydrogen-bond donors (Lipinski definition) is 1. The fourth-order valence-electron chi connectivity index (χ4n) is 1.01. The molecule has 0 aromatic rings. The van der Waals surface area contributed by atoms with Gasteiger partial charge in [0.1, 0.15) is 0 Å². The van der Waals surface area contributed by atoms with Crippen LogP contribution in [0.25, 0.3) is 0 Å². The lowest BCUT2D eigenvalue weighted by atomic mass is 10.2. The first kappa shape index (κ1) is 11.2. The topological polar surface area (TPSA) is 38.3 Å². The van der Waals surface area contributed by atoms with Gasteiger partial charge in [-0.2, -0.15) is 0 Å². The molecule has 0 aliphatic heterocycles. The van der Waals surface area contributed by atoms with Gasteiger partial charge in [-0.1, -0.05) is 19.9 Å². The minimum absolute atomic E-state index is 0.116. The lowest BCUT2D eigenvalue weighted by Crippen LogP contribution is -2.36. The monoisotopic (exact) mass is 171 g/mol. The van der Waals surface area contributed by atoms with Gasteiger partial charge in [-0.3, -0.25) is 4.79 Å². The molecule has 1 atom stereocenters. The van der Waals surface area contributed by atoms with Crippen LogP contribution in [0.15, 0.2) is 12.7 Å². The summed E-state index contributed by atoms with van der Waals surface area (Å²) >= 11 is 0. The van der Waals surface area contributed by atoms with E-state index in [1.54, 1.807) is 7.11 Å². The second kappa shape index (κ2) is 6.85. The number of rotatable bonds is 6. The summed E-state index contributed by atoms with van der Waals surface area (Å²) in [5, 5.41) is 2.79. The molecule has 0 spiro atoms. The zero-order valence-electron chi connectivity index (χ0n) is 7.80. The molecule has 0 aromatic heterocycles. The van der Waals surface area contributed by atoms with E-state index in [1.165, 1.54) is 6.08 Å². The van der Waals surface area contributed by atoms with Crippen molar-refractivity contribution >= 4 is 5.91 Å². The number of ether oxygens (including phenoxy) is 1.